The zero-order valence-corrected chi connectivity index (χ0v) is 25.0. The van der Waals surface area contributed by atoms with E-state index in [0.717, 1.165) is 17.0 Å². The first-order valence-corrected chi connectivity index (χ1v) is 14.8. The highest BCUT2D eigenvalue weighted by molar-refractivity contribution is 6.10. The number of fused-ring (bicyclic) bond motifs is 2. The third-order valence-corrected chi connectivity index (χ3v) is 9.08. The summed E-state index contributed by atoms with van der Waals surface area (Å²) in [6, 6.07) is 4.97. The molecule has 6 rings (SSSR count). The molecule has 2 aromatic rings. The predicted octanol–water partition coefficient (Wildman–Crippen LogP) is 2.85. The number of nitrogens with zero attached hydrogens (tertiary/aromatic N) is 6. The maximum atomic E-state index is 15.5. The SMILES string of the molecule is C=CC(=O)N1CC2(CN(CCN3C[C@H]4CC(=O)N(c5cc(C(F)(F)F)cc(C)n5)[C@@H]4C(=O)N(C)c4cccc(F)c43)CCO2)C1. The molecule has 240 valence electrons. The molecule has 2 atom stereocenters. The summed E-state index contributed by atoms with van der Waals surface area (Å²) >= 11 is 0. The third-order valence-electron chi connectivity index (χ3n) is 9.08. The van der Waals surface area contributed by atoms with Crippen molar-refractivity contribution >= 4 is 34.9 Å². The summed E-state index contributed by atoms with van der Waals surface area (Å²) in [7, 11) is 1.48. The Labute approximate surface area is 257 Å². The number of carbonyl (C=O) groups is 3. The number of hydrogen-bond donors (Lipinski definition) is 0. The van der Waals surface area contributed by atoms with E-state index in [1.807, 2.05) is 4.90 Å². The van der Waals surface area contributed by atoms with Crippen LogP contribution in [0.25, 0.3) is 0 Å². The van der Waals surface area contributed by atoms with Gasteiger partial charge in [0.15, 0.2) is 0 Å². The van der Waals surface area contributed by atoms with E-state index in [1.54, 1.807) is 11.0 Å². The molecule has 1 spiro atoms. The summed E-state index contributed by atoms with van der Waals surface area (Å²) in [5.41, 5.74) is -0.873. The Balaban J connectivity index is 1.28. The molecule has 0 saturated carbocycles. The van der Waals surface area contributed by atoms with Crippen molar-refractivity contribution in [1.29, 1.82) is 0 Å². The Morgan fingerprint density at radius 1 is 1.18 bits per heavy atom. The van der Waals surface area contributed by atoms with Crippen LogP contribution in [0.2, 0.25) is 0 Å². The number of ether oxygens (including phenoxy) is 1. The number of carbonyl (C=O) groups excluding carboxylic acids is 3. The van der Waals surface area contributed by atoms with Crippen LogP contribution in [0.5, 0.6) is 0 Å². The van der Waals surface area contributed by atoms with Crippen LogP contribution in [0.3, 0.4) is 0 Å². The quantitative estimate of drug-likeness (QED) is 0.371. The van der Waals surface area contributed by atoms with E-state index in [2.05, 4.69) is 16.5 Å². The minimum atomic E-state index is -4.67. The maximum absolute atomic E-state index is 15.5. The van der Waals surface area contributed by atoms with Crippen LogP contribution in [0.4, 0.5) is 34.8 Å². The minimum absolute atomic E-state index is 0.0588. The first-order chi connectivity index (χ1) is 21.3. The molecule has 0 radical (unpaired) electrons. The summed E-state index contributed by atoms with van der Waals surface area (Å²) in [6.45, 7) is 8.49. The highest BCUT2D eigenvalue weighted by Gasteiger charge is 2.51. The lowest BCUT2D eigenvalue weighted by Gasteiger charge is -2.53. The lowest BCUT2D eigenvalue weighted by molar-refractivity contribution is -0.188. The summed E-state index contributed by atoms with van der Waals surface area (Å²) in [5, 5.41) is 0. The van der Waals surface area contributed by atoms with Gasteiger partial charge in [-0.3, -0.25) is 24.2 Å². The van der Waals surface area contributed by atoms with Crippen molar-refractivity contribution in [3.8, 4) is 0 Å². The average molecular weight is 631 g/mol. The second-order valence-electron chi connectivity index (χ2n) is 12.2. The molecule has 4 aliphatic heterocycles. The highest BCUT2D eigenvalue weighted by atomic mass is 19.4. The fourth-order valence-corrected chi connectivity index (χ4v) is 6.97. The van der Waals surface area contributed by atoms with Gasteiger partial charge in [-0.25, -0.2) is 9.37 Å². The Bertz CT molecular complexity index is 1540. The van der Waals surface area contributed by atoms with Gasteiger partial charge in [-0.1, -0.05) is 12.6 Å². The highest BCUT2D eigenvalue weighted by Crippen LogP contribution is 2.41. The van der Waals surface area contributed by atoms with Gasteiger partial charge in [0, 0.05) is 57.8 Å². The molecule has 3 fully saturated rings. The molecule has 1 aromatic carbocycles. The molecule has 0 unspecified atom stereocenters. The molecule has 4 aliphatic rings. The van der Waals surface area contributed by atoms with Gasteiger partial charge in [0.2, 0.25) is 17.7 Å². The number of benzene rings is 1. The van der Waals surface area contributed by atoms with Gasteiger partial charge in [0.25, 0.3) is 0 Å². The van der Waals surface area contributed by atoms with Gasteiger partial charge in [-0.05, 0) is 37.3 Å². The smallest absolute Gasteiger partial charge is 0.369 e. The molecule has 3 amide bonds. The fraction of sp³-hybridized carbons (Fsp3) is 0.484. The number of pyridine rings is 1. The number of halogens is 4. The molecule has 1 aromatic heterocycles. The maximum Gasteiger partial charge on any atom is 0.416 e. The number of para-hydroxylation sites is 1. The van der Waals surface area contributed by atoms with Crippen molar-refractivity contribution in [1.82, 2.24) is 14.8 Å². The van der Waals surface area contributed by atoms with Gasteiger partial charge in [0.1, 0.15) is 23.3 Å². The molecule has 3 saturated heterocycles. The van der Waals surface area contributed by atoms with E-state index < -0.39 is 46.9 Å². The lowest BCUT2D eigenvalue weighted by Crippen LogP contribution is -2.71. The number of likely N-dealkylation sites (N-methyl/N-ethyl adjacent to an activating group) is 1. The van der Waals surface area contributed by atoms with Crippen molar-refractivity contribution in [3.05, 3.63) is 60.1 Å². The van der Waals surface area contributed by atoms with Crippen LogP contribution in [-0.2, 0) is 25.3 Å². The van der Waals surface area contributed by atoms with Crippen LogP contribution in [0, 0.1) is 18.7 Å². The molecule has 0 aliphatic carbocycles. The normalized spacial score (nSPS) is 23.4. The Hall–Kier alpha value is -4.04. The van der Waals surface area contributed by atoms with Gasteiger partial charge >= 0.3 is 6.18 Å². The third kappa shape index (κ3) is 5.65. The van der Waals surface area contributed by atoms with Gasteiger partial charge < -0.3 is 19.4 Å². The van der Waals surface area contributed by atoms with Gasteiger partial charge in [-0.2, -0.15) is 13.2 Å². The minimum Gasteiger partial charge on any atom is -0.369 e. The molecular formula is C31H34F4N6O4. The first-order valence-electron chi connectivity index (χ1n) is 14.8. The lowest BCUT2D eigenvalue weighted by atomic mass is 9.91. The van der Waals surface area contributed by atoms with Crippen LogP contribution >= 0.6 is 0 Å². The number of morpholine rings is 1. The second-order valence-corrected chi connectivity index (χ2v) is 12.2. The van der Waals surface area contributed by atoms with E-state index in [-0.39, 0.29) is 36.1 Å². The van der Waals surface area contributed by atoms with Gasteiger partial charge in [-0.15, -0.1) is 0 Å². The monoisotopic (exact) mass is 630 g/mol. The number of alkyl halides is 3. The van der Waals surface area contributed by atoms with Gasteiger partial charge in [0.05, 0.1) is 36.6 Å². The van der Waals surface area contributed by atoms with Crippen molar-refractivity contribution < 1.29 is 36.7 Å². The van der Waals surface area contributed by atoms with E-state index in [0.29, 0.717) is 51.6 Å². The molecular weight excluding hydrogens is 596 g/mol. The van der Waals surface area contributed by atoms with E-state index >= 15 is 4.39 Å². The first kappa shape index (κ1) is 31.0. The van der Waals surface area contributed by atoms with E-state index in [9.17, 15) is 27.6 Å². The summed E-state index contributed by atoms with van der Waals surface area (Å²) < 4.78 is 62.6. The second kappa shape index (κ2) is 11.4. The van der Waals surface area contributed by atoms with Crippen LogP contribution < -0.4 is 14.7 Å². The zero-order valence-electron chi connectivity index (χ0n) is 25.0. The molecule has 14 heteroatoms. The molecule has 0 N–H and O–H groups in total. The number of hydrogen-bond acceptors (Lipinski definition) is 7. The van der Waals surface area contributed by atoms with Crippen LogP contribution in [0.1, 0.15) is 17.7 Å². The molecule has 0 bridgehead atoms. The number of anilines is 3. The Kier molecular flexibility index (Phi) is 7.84. The number of amides is 3. The largest absolute Gasteiger partial charge is 0.416 e. The van der Waals surface area contributed by atoms with Crippen molar-refractivity contribution in [2.24, 2.45) is 5.92 Å². The number of aryl methyl sites for hydroxylation is 1. The van der Waals surface area contributed by atoms with Crippen molar-refractivity contribution in [2.45, 2.75) is 31.2 Å². The van der Waals surface area contributed by atoms with Crippen molar-refractivity contribution in [3.63, 3.8) is 0 Å². The summed E-state index contributed by atoms with van der Waals surface area (Å²) in [4.78, 5) is 51.6. The molecule has 5 heterocycles. The zero-order chi connectivity index (χ0) is 32.3. The Morgan fingerprint density at radius 2 is 1.93 bits per heavy atom. The van der Waals surface area contributed by atoms with Crippen LogP contribution in [0.15, 0.2) is 43.0 Å². The number of likely N-dealkylation sites (tertiary alicyclic amines) is 1. The molecule has 45 heavy (non-hydrogen) atoms. The number of rotatable bonds is 5. The van der Waals surface area contributed by atoms with E-state index in [4.69, 9.17) is 4.74 Å². The number of aromatic nitrogens is 1. The standard InChI is InChI=1S/C31H34F4N6O4/c1-4-25(42)40-17-30(18-40)16-38(10-11-45-30)8-9-39-15-20-13-26(43)41(24-14-21(31(33,34)35)12-19(2)36-24)27(20)29(44)37(3)23-7-5-6-22(32)28(23)39/h4-7,12,14,20,27H,1,8-11,13,15-18H2,2-3H3/t20-,27+/m1/s1. The predicted molar refractivity (Wildman–Crippen MR) is 157 cm³/mol. The van der Waals surface area contributed by atoms with E-state index in [1.165, 1.54) is 37.1 Å². The Morgan fingerprint density at radius 3 is 2.64 bits per heavy atom. The topological polar surface area (TPSA) is 89.5 Å². The van der Waals surface area contributed by atoms with Crippen molar-refractivity contribution in [2.75, 3.05) is 74.2 Å². The summed E-state index contributed by atoms with van der Waals surface area (Å²) in [6.07, 6.45) is -3.51. The summed E-state index contributed by atoms with van der Waals surface area (Å²) in [5.74, 6) is -2.62. The van der Waals surface area contributed by atoms with Crippen LogP contribution in [-0.4, -0.2) is 104 Å². The average Bonchev–Trinajstić information content (AvgIpc) is 3.30. The fourth-order valence-electron chi connectivity index (χ4n) is 6.97. The molecule has 10 nitrogen and oxygen atoms in total.